The molecule has 0 aliphatic heterocycles. The first-order valence-electron chi connectivity index (χ1n) is 9.97. The summed E-state index contributed by atoms with van der Waals surface area (Å²) >= 11 is 6.10. The first kappa shape index (κ1) is 23.8. The number of carbonyl (C=O) groups is 1. The third kappa shape index (κ3) is 6.09. The lowest BCUT2D eigenvalue weighted by Gasteiger charge is -2.19. The van der Waals surface area contributed by atoms with Gasteiger partial charge in [0.25, 0.3) is 0 Å². The van der Waals surface area contributed by atoms with Gasteiger partial charge in [-0.15, -0.1) is 0 Å². The molecule has 3 rings (SSSR count). The van der Waals surface area contributed by atoms with Crippen molar-refractivity contribution in [3.8, 4) is 5.75 Å². The molecule has 0 spiro atoms. The number of aryl methyl sites for hydroxylation is 2. The van der Waals surface area contributed by atoms with E-state index in [2.05, 4.69) is 10.0 Å². The third-order valence-electron chi connectivity index (χ3n) is 4.82. The van der Waals surface area contributed by atoms with Crippen molar-refractivity contribution in [2.45, 2.75) is 31.2 Å². The number of sulfonamides is 1. The molecule has 3 aromatic carbocycles. The van der Waals surface area contributed by atoms with Crippen LogP contribution in [0.25, 0.3) is 0 Å². The standard InChI is InChI=1S/C24H25ClN2O4S/c1-16-11-17(2)13-19(12-16)26-24(28)22(14-18-7-5-4-6-8-18)27-32(29,30)20-9-10-23(31-3)21(25)15-20/h4-13,15,22,27H,14H2,1-3H3,(H,26,28)/t22-/m1/s1. The summed E-state index contributed by atoms with van der Waals surface area (Å²) in [7, 11) is -2.59. The van der Waals surface area contributed by atoms with Gasteiger partial charge in [-0.25, -0.2) is 8.42 Å². The van der Waals surface area contributed by atoms with Crippen LogP contribution in [0.1, 0.15) is 16.7 Å². The summed E-state index contributed by atoms with van der Waals surface area (Å²) in [4.78, 5) is 13.1. The van der Waals surface area contributed by atoms with E-state index in [9.17, 15) is 13.2 Å². The predicted molar refractivity (Wildman–Crippen MR) is 127 cm³/mol. The first-order chi connectivity index (χ1) is 15.2. The Morgan fingerprint density at radius 1 is 1.00 bits per heavy atom. The number of benzene rings is 3. The lowest BCUT2D eigenvalue weighted by Crippen LogP contribution is -2.45. The van der Waals surface area contributed by atoms with E-state index in [-0.39, 0.29) is 16.3 Å². The van der Waals surface area contributed by atoms with Crippen LogP contribution >= 0.6 is 11.6 Å². The highest BCUT2D eigenvalue weighted by Gasteiger charge is 2.27. The second-order valence-electron chi connectivity index (χ2n) is 7.53. The molecular formula is C24H25ClN2O4S. The summed E-state index contributed by atoms with van der Waals surface area (Å²) in [6, 6.07) is 18.0. The van der Waals surface area contributed by atoms with E-state index in [1.807, 2.05) is 62.4 Å². The molecule has 168 valence electrons. The van der Waals surface area contributed by atoms with Crippen LogP contribution in [0.5, 0.6) is 5.75 Å². The normalized spacial score (nSPS) is 12.2. The Morgan fingerprint density at radius 3 is 2.25 bits per heavy atom. The van der Waals surface area contributed by atoms with E-state index in [0.717, 1.165) is 16.7 Å². The van der Waals surface area contributed by atoms with Crippen LogP contribution in [0.3, 0.4) is 0 Å². The zero-order valence-corrected chi connectivity index (χ0v) is 19.6. The Bertz CT molecular complexity index is 1190. The minimum atomic E-state index is -4.03. The highest BCUT2D eigenvalue weighted by Crippen LogP contribution is 2.27. The molecule has 0 aromatic heterocycles. The van der Waals surface area contributed by atoms with Crippen molar-refractivity contribution in [1.29, 1.82) is 0 Å². The van der Waals surface area contributed by atoms with Gasteiger partial charge in [0, 0.05) is 5.69 Å². The molecule has 0 bridgehead atoms. The maximum Gasteiger partial charge on any atom is 0.242 e. The fourth-order valence-electron chi connectivity index (χ4n) is 3.38. The third-order valence-corrected chi connectivity index (χ3v) is 6.58. The number of hydrogen-bond donors (Lipinski definition) is 2. The summed E-state index contributed by atoms with van der Waals surface area (Å²) in [6.07, 6.45) is 0.181. The zero-order valence-electron chi connectivity index (χ0n) is 18.1. The van der Waals surface area contributed by atoms with E-state index in [0.29, 0.717) is 11.4 Å². The summed E-state index contributed by atoms with van der Waals surface area (Å²) in [5, 5.41) is 3.00. The number of anilines is 1. The quantitative estimate of drug-likeness (QED) is 0.505. The molecule has 3 aromatic rings. The van der Waals surface area contributed by atoms with E-state index in [1.54, 1.807) is 0 Å². The van der Waals surface area contributed by atoms with Crippen molar-refractivity contribution in [2.24, 2.45) is 0 Å². The van der Waals surface area contributed by atoms with Crippen LogP contribution < -0.4 is 14.8 Å². The van der Waals surface area contributed by atoms with Gasteiger partial charge in [0.2, 0.25) is 15.9 Å². The molecule has 0 aliphatic rings. The van der Waals surface area contributed by atoms with Crippen LogP contribution in [0.2, 0.25) is 5.02 Å². The molecule has 0 radical (unpaired) electrons. The van der Waals surface area contributed by atoms with Crippen molar-refractivity contribution >= 4 is 33.2 Å². The number of carbonyl (C=O) groups excluding carboxylic acids is 1. The zero-order chi connectivity index (χ0) is 23.3. The Morgan fingerprint density at radius 2 is 1.66 bits per heavy atom. The predicted octanol–water partition coefficient (Wildman–Crippen LogP) is 4.49. The number of amides is 1. The van der Waals surface area contributed by atoms with Crippen molar-refractivity contribution in [2.75, 3.05) is 12.4 Å². The Balaban J connectivity index is 1.89. The van der Waals surface area contributed by atoms with Gasteiger partial charge in [0.05, 0.1) is 17.0 Å². The van der Waals surface area contributed by atoms with Crippen LogP contribution in [-0.2, 0) is 21.2 Å². The molecule has 8 heteroatoms. The smallest absolute Gasteiger partial charge is 0.242 e. The lowest BCUT2D eigenvalue weighted by atomic mass is 10.1. The molecule has 0 saturated heterocycles. The van der Waals surface area contributed by atoms with Crippen molar-refractivity contribution in [3.63, 3.8) is 0 Å². The van der Waals surface area contributed by atoms with Gasteiger partial charge in [-0.1, -0.05) is 48.0 Å². The van der Waals surface area contributed by atoms with Crippen LogP contribution in [-0.4, -0.2) is 27.5 Å². The van der Waals surface area contributed by atoms with Crippen LogP contribution in [0.4, 0.5) is 5.69 Å². The number of ether oxygens (including phenoxy) is 1. The SMILES string of the molecule is COc1ccc(S(=O)(=O)N[C@H](Cc2ccccc2)C(=O)Nc2cc(C)cc(C)c2)cc1Cl. The Labute approximate surface area is 193 Å². The second-order valence-corrected chi connectivity index (χ2v) is 9.65. The minimum absolute atomic E-state index is 0.0550. The Hall–Kier alpha value is -2.87. The lowest BCUT2D eigenvalue weighted by molar-refractivity contribution is -0.117. The average Bonchev–Trinajstić information content (AvgIpc) is 2.73. The van der Waals surface area contributed by atoms with Gasteiger partial charge in [-0.05, 0) is 67.3 Å². The maximum absolute atomic E-state index is 13.1. The average molecular weight is 473 g/mol. The van der Waals surface area contributed by atoms with E-state index in [4.69, 9.17) is 16.3 Å². The molecule has 0 heterocycles. The monoisotopic (exact) mass is 472 g/mol. The molecular weight excluding hydrogens is 448 g/mol. The number of nitrogens with one attached hydrogen (secondary N) is 2. The molecule has 0 saturated carbocycles. The molecule has 1 atom stereocenters. The molecule has 6 nitrogen and oxygen atoms in total. The number of rotatable bonds is 8. The summed E-state index contributed by atoms with van der Waals surface area (Å²) in [6.45, 7) is 3.86. The fraction of sp³-hybridized carbons (Fsp3) is 0.208. The molecule has 2 N–H and O–H groups in total. The van der Waals surface area contributed by atoms with E-state index < -0.39 is 22.0 Å². The van der Waals surface area contributed by atoms with Crippen molar-refractivity contribution in [1.82, 2.24) is 4.72 Å². The fourth-order valence-corrected chi connectivity index (χ4v) is 4.93. The Kier molecular flexibility index (Phi) is 7.56. The molecule has 0 unspecified atom stereocenters. The van der Waals surface area contributed by atoms with E-state index >= 15 is 0 Å². The van der Waals surface area contributed by atoms with Gasteiger partial charge >= 0.3 is 0 Å². The van der Waals surface area contributed by atoms with Gasteiger partial charge in [-0.2, -0.15) is 4.72 Å². The van der Waals surface area contributed by atoms with Gasteiger partial charge in [0.1, 0.15) is 11.8 Å². The van der Waals surface area contributed by atoms with Gasteiger partial charge in [0.15, 0.2) is 0 Å². The number of hydrogen-bond acceptors (Lipinski definition) is 4. The van der Waals surface area contributed by atoms with Crippen LogP contribution in [0.15, 0.2) is 71.6 Å². The topological polar surface area (TPSA) is 84.5 Å². The van der Waals surface area contributed by atoms with Crippen molar-refractivity contribution in [3.05, 3.63) is 88.4 Å². The molecule has 0 aliphatic carbocycles. The van der Waals surface area contributed by atoms with Gasteiger partial charge < -0.3 is 10.1 Å². The molecule has 32 heavy (non-hydrogen) atoms. The minimum Gasteiger partial charge on any atom is -0.495 e. The van der Waals surface area contributed by atoms with Gasteiger partial charge in [-0.3, -0.25) is 4.79 Å². The first-order valence-corrected chi connectivity index (χ1v) is 11.8. The highest BCUT2D eigenvalue weighted by molar-refractivity contribution is 7.89. The number of methoxy groups -OCH3 is 1. The molecule has 0 fully saturated rings. The van der Waals surface area contributed by atoms with Crippen LogP contribution in [0, 0.1) is 13.8 Å². The largest absolute Gasteiger partial charge is 0.495 e. The summed E-state index contributed by atoms with van der Waals surface area (Å²) < 4.78 is 33.7. The van der Waals surface area contributed by atoms with E-state index in [1.165, 1.54) is 25.3 Å². The summed E-state index contributed by atoms with van der Waals surface area (Å²) in [5.74, 6) is -0.0963. The maximum atomic E-state index is 13.1. The number of halogens is 1. The summed E-state index contributed by atoms with van der Waals surface area (Å²) in [5.41, 5.74) is 3.42. The molecule has 1 amide bonds. The second kappa shape index (κ2) is 10.2. The highest BCUT2D eigenvalue weighted by atomic mass is 35.5. The van der Waals surface area contributed by atoms with Crippen molar-refractivity contribution < 1.29 is 17.9 Å².